The smallest absolute Gasteiger partial charge is 0.433 e. The van der Waals surface area contributed by atoms with Crippen LogP contribution in [0.5, 0.6) is 0 Å². The summed E-state index contributed by atoms with van der Waals surface area (Å²) in [5.41, 5.74) is -5.41. The second-order valence-electron chi connectivity index (χ2n) is 3.14. The van der Waals surface area contributed by atoms with Crippen molar-refractivity contribution in [3.63, 3.8) is 0 Å². The maximum Gasteiger partial charge on any atom is 0.433 e. The summed E-state index contributed by atoms with van der Waals surface area (Å²) in [5.74, 6) is -1.56. The quantitative estimate of drug-likeness (QED) is 0.775. The van der Waals surface area contributed by atoms with E-state index in [9.17, 15) is 26.3 Å². The molecule has 0 aliphatic rings. The SMILES string of the molecule is Cc1ccoc1C(O)(C(F)(F)F)C(F)(F)F. The van der Waals surface area contributed by atoms with Gasteiger partial charge in [0.25, 0.3) is 0 Å². The molecule has 0 aromatic carbocycles. The van der Waals surface area contributed by atoms with E-state index < -0.39 is 29.3 Å². The van der Waals surface area contributed by atoms with Gasteiger partial charge in [-0.15, -0.1) is 0 Å². The summed E-state index contributed by atoms with van der Waals surface area (Å²) < 4.78 is 78.0. The summed E-state index contributed by atoms with van der Waals surface area (Å²) in [4.78, 5) is 0. The molecule has 0 aliphatic heterocycles. The number of furan rings is 1. The summed E-state index contributed by atoms with van der Waals surface area (Å²) in [5, 5.41) is 8.88. The molecule has 16 heavy (non-hydrogen) atoms. The van der Waals surface area contributed by atoms with Crippen LogP contribution < -0.4 is 0 Å². The van der Waals surface area contributed by atoms with Gasteiger partial charge < -0.3 is 9.52 Å². The molecule has 0 saturated heterocycles. The molecule has 0 spiro atoms. The Morgan fingerprint density at radius 1 is 1.06 bits per heavy atom. The number of alkyl halides is 6. The zero-order valence-electron chi connectivity index (χ0n) is 7.78. The molecule has 1 rings (SSSR count). The fourth-order valence-electron chi connectivity index (χ4n) is 1.16. The fraction of sp³-hybridized carbons (Fsp3) is 0.500. The Morgan fingerprint density at radius 2 is 1.50 bits per heavy atom. The third-order valence-electron chi connectivity index (χ3n) is 2.01. The number of hydrogen-bond donors (Lipinski definition) is 1. The Bertz CT molecular complexity index is 361. The Hall–Kier alpha value is -1.18. The third kappa shape index (κ3) is 1.66. The number of hydrogen-bond acceptors (Lipinski definition) is 2. The van der Waals surface area contributed by atoms with Gasteiger partial charge in [0.1, 0.15) is 0 Å². The Labute approximate surface area is 85.5 Å². The van der Waals surface area contributed by atoms with E-state index in [0.29, 0.717) is 6.26 Å². The monoisotopic (exact) mass is 248 g/mol. The van der Waals surface area contributed by atoms with E-state index in [4.69, 9.17) is 5.11 Å². The summed E-state index contributed by atoms with van der Waals surface area (Å²) in [7, 11) is 0. The molecule has 1 N–H and O–H groups in total. The minimum absolute atomic E-state index is 0.433. The van der Waals surface area contributed by atoms with Crippen molar-refractivity contribution >= 4 is 0 Å². The molecule has 8 heteroatoms. The molecule has 0 saturated carbocycles. The normalized spacial score (nSPS) is 14.2. The number of rotatable bonds is 1. The molecular weight excluding hydrogens is 242 g/mol. The van der Waals surface area contributed by atoms with Crippen LogP contribution in [0.15, 0.2) is 16.7 Å². The summed E-state index contributed by atoms with van der Waals surface area (Å²) in [6, 6.07) is 0.901. The zero-order chi connectivity index (χ0) is 12.8. The van der Waals surface area contributed by atoms with Crippen LogP contribution in [0.3, 0.4) is 0 Å². The fourth-order valence-corrected chi connectivity index (χ4v) is 1.16. The molecule has 0 fully saturated rings. The van der Waals surface area contributed by atoms with Gasteiger partial charge in [0, 0.05) is 0 Å². The standard InChI is InChI=1S/C8H6F6O2/c1-4-2-3-16-5(4)6(15,7(9,10)11)8(12,13)14/h2-3,15H,1H3. The molecule has 0 aliphatic carbocycles. The van der Waals surface area contributed by atoms with Crippen LogP contribution in [0.4, 0.5) is 26.3 Å². The molecule has 0 radical (unpaired) electrons. The molecule has 1 aromatic rings. The predicted octanol–water partition coefficient (Wildman–Crippen LogP) is 2.90. The van der Waals surface area contributed by atoms with Crippen LogP contribution in [0.1, 0.15) is 11.3 Å². The van der Waals surface area contributed by atoms with Crippen LogP contribution in [-0.4, -0.2) is 17.5 Å². The van der Waals surface area contributed by atoms with Gasteiger partial charge in [-0.05, 0) is 18.6 Å². The van der Waals surface area contributed by atoms with Gasteiger partial charge in [-0.2, -0.15) is 26.3 Å². The first-order valence-electron chi connectivity index (χ1n) is 3.92. The van der Waals surface area contributed by atoms with E-state index in [1.165, 1.54) is 0 Å². The van der Waals surface area contributed by atoms with Crippen molar-refractivity contribution in [1.82, 2.24) is 0 Å². The Balaban J connectivity index is 3.45. The first kappa shape index (κ1) is 12.9. The lowest BCUT2D eigenvalue weighted by atomic mass is 9.96. The van der Waals surface area contributed by atoms with E-state index in [1.807, 2.05) is 0 Å². The van der Waals surface area contributed by atoms with E-state index in [1.54, 1.807) is 0 Å². The average molecular weight is 248 g/mol. The zero-order valence-corrected chi connectivity index (χ0v) is 7.78. The van der Waals surface area contributed by atoms with Crippen molar-refractivity contribution in [1.29, 1.82) is 0 Å². The van der Waals surface area contributed by atoms with Crippen LogP contribution >= 0.6 is 0 Å². The van der Waals surface area contributed by atoms with Gasteiger partial charge in [-0.25, -0.2) is 0 Å². The number of aliphatic hydroxyl groups is 1. The molecule has 0 amide bonds. The molecule has 2 nitrogen and oxygen atoms in total. The van der Waals surface area contributed by atoms with Gasteiger partial charge >= 0.3 is 18.0 Å². The lowest BCUT2D eigenvalue weighted by Crippen LogP contribution is -2.54. The van der Waals surface area contributed by atoms with Crippen molar-refractivity contribution in [2.75, 3.05) is 0 Å². The molecule has 92 valence electrons. The summed E-state index contributed by atoms with van der Waals surface area (Å²) >= 11 is 0. The maximum absolute atomic E-state index is 12.3. The van der Waals surface area contributed by atoms with Crippen molar-refractivity contribution in [3.8, 4) is 0 Å². The number of aryl methyl sites for hydroxylation is 1. The van der Waals surface area contributed by atoms with Crippen molar-refractivity contribution in [2.45, 2.75) is 24.9 Å². The second-order valence-corrected chi connectivity index (χ2v) is 3.14. The molecule has 0 bridgehead atoms. The highest BCUT2D eigenvalue weighted by Gasteiger charge is 2.73. The van der Waals surface area contributed by atoms with Gasteiger partial charge in [-0.3, -0.25) is 0 Å². The van der Waals surface area contributed by atoms with Gasteiger partial charge in [0.05, 0.1) is 6.26 Å². The highest BCUT2D eigenvalue weighted by Crippen LogP contribution is 2.50. The van der Waals surface area contributed by atoms with E-state index in [2.05, 4.69) is 4.42 Å². The highest BCUT2D eigenvalue weighted by atomic mass is 19.4. The maximum atomic E-state index is 12.3. The molecule has 1 aromatic heterocycles. The Kier molecular flexibility index (Phi) is 2.74. The molecule has 1 heterocycles. The van der Waals surface area contributed by atoms with Crippen LogP contribution in [0.25, 0.3) is 0 Å². The summed E-state index contributed by atoms with van der Waals surface area (Å²) in [6.07, 6.45) is -11.2. The van der Waals surface area contributed by atoms with Gasteiger partial charge in [0.15, 0.2) is 5.76 Å². The second kappa shape index (κ2) is 3.41. The first-order chi connectivity index (χ1) is 7.02. The highest BCUT2D eigenvalue weighted by molar-refractivity contribution is 5.25. The largest absolute Gasteiger partial charge is 0.465 e. The summed E-state index contributed by atoms with van der Waals surface area (Å²) in [6.45, 7) is 0.973. The van der Waals surface area contributed by atoms with Crippen molar-refractivity contribution in [3.05, 3.63) is 23.7 Å². The predicted molar refractivity (Wildman–Crippen MR) is 39.5 cm³/mol. The molecular formula is C8H6F6O2. The van der Waals surface area contributed by atoms with Crippen LogP contribution in [0.2, 0.25) is 0 Å². The van der Waals surface area contributed by atoms with Crippen LogP contribution in [0, 0.1) is 6.92 Å². The van der Waals surface area contributed by atoms with Crippen molar-refractivity contribution < 1.29 is 35.9 Å². The minimum Gasteiger partial charge on any atom is -0.465 e. The average Bonchev–Trinajstić information content (AvgIpc) is 2.46. The van der Waals surface area contributed by atoms with Crippen molar-refractivity contribution in [2.24, 2.45) is 0 Å². The first-order valence-corrected chi connectivity index (χ1v) is 3.92. The lowest BCUT2D eigenvalue weighted by molar-refractivity contribution is -0.381. The van der Waals surface area contributed by atoms with E-state index in [0.717, 1.165) is 13.0 Å². The Morgan fingerprint density at radius 3 is 1.75 bits per heavy atom. The van der Waals surface area contributed by atoms with Gasteiger partial charge in [0.2, 0.25) is 0 Å². The van der Waals surface area contributed by atoms with Crippen LogP contribution in [-0.2, 0) is 5.60 Å². The lowest BCUT2D eigenvalue weighted by Gasteiger charge is -2.30. The van der Waals surface area contributed by atoms with E-state index >= 15 is 0 Å². The van der Waals surface area contributed by atoms with E-state index in [-0.39, 0.29) is 0 Å². The third-order valence-corrected chi connectivity index (χ3v) is 2.01. The topological polar surface area (TPSA) is 33.4 Å². The molecule has 0 unspecified atom stereocenters. The number of halogens is 6. The van der Waals surface area contributed by atoms with Gasteiger partial charge in [-0.1, -0.05) is 0 Å². The minimum atomic E-state index is -5.91. The molecule has 0 atom stereocenters.